The van der Waals surface area contributed by atoms with Crippen LogP contribution in [0.4, 0.5) is 0 Å². The molecule has 0 spiro atoms. The minimum atomic E-state index is -0.0213. The van der Waals surface area contributed by atoms with Crippen LogP contribution in [-0.2, 0) is 11.2 Å². The van der Waals surface area contributed by atoms with Crippen LogP contribution in [0.3, 0.4) is 0 Å². The third-order valence-electron chi connectivity index (χ3n) is 2.25. The summed E-state index contributed by atoms with van der Waals surface area (Å²) in [6, 6.07) is 8.32. The molecule has 0 bridgehead atoms. The molecular weight excluding hydrogens is 186 g/mol. The lowest BCUT2D eigenvalue weighted by molar-refractivity contribution is -0.119. The van der Waals surface area contributed by atoms with Crippen LogP contribution in [0, 0.1) is 6.92 Å². The Morgan fingerprint density at radius 1 is 1.47 bits per heavy atom. The minimum Gasteiger partial charge on any atom is -0.350 e. The van der Waals surface area contributed by atoms with Gasteiger partial charge in [-0.2, -0.15) is 0 Å². The van der Waals surface area contributed by atoms with E-state index >= 15 is 0 Å². The van der Waals surface area contributed by atoms with Crippen molar-refractivity contribution in [3.05, 3.63) is 48.0 Å². The minimum absolute atomic E-state index is 0.0187. The van der Waals surface area contributed by atoms with Crippen LogP contribution < -0.4 is 5.32 Å². The van der Waals surface area contributed by atoms with Crippen molar-refractivity contribution in [2.24, 2.45) is 0 Å². The predicted molar refractivity (Wildman–Crippen MR) is 62.7 cm³/mol. The Bertz CT molecular complexity index is 340. The normalized spacial score (nSPS) is 11.9. The van der Waals surface area contributed by atoms with Gasteiger partial charge in [-0.3, -0.25) is 4.79 Å². The lowest BCUT2D eigenvalue weighted by Gasteiger charge is -2.13. The quantitative estimate of drug-likeness (QED) is 0.747. The van der Waals surface area contributed by atoms with Gasteiger partial charge in [-0.05, 0) is 18.9 Å². The number of rotatable bonds is 4. The van der Waals surface area contributed by atoms with E-state index in [0.717, 1.165) is 6.42 Å². The molecule has 0 heterocycles. The SMILES string of the molecule is C=C[C@H](Cc1ccc(C)cc1)NC(C)=O. The third kappa shape index (κ3) is 3.98. The maximum atomic E-state index is 10.9. The maximum Gasteiger partial charge on any atom is 0.217 e. The average Bonchev–Trinajstić information content (AvgIpc) is 2.19. The van der Waals surface area contributed by atoms with E-state index in [9.17, 15) is 4.79 Å². The smallest absolute Gasteiger partial charge is 0.217 e. The molecule has 1 rings (SSSR count). The highest BCUT2D eigenvalue weighted by Crippen LogP contribution is 2.06. The first kappa shape index (κ1) is 11.5. The average molecular weight is 203 g/mol. The van der Waals surface area contributed by atoms with Crippen LogP contribution in [-0.4, -0.2) is 11.9 Å². The lowest BCUT2D eigenvalue weighted by Crippen LogP contribution is -2.32. The number of benzene rings is 1. The molecule has 0 saturated heterocycles. The van der Waals surface area contributed by atoms with E-state index in [1.807, 2.05) is 0 Å². The Morgan fingerprint density at radius 3 is 2.53 bits per heavy atom. The van der Waals surface area contributed by atoms with Crippen molar-refractivity contribution >= 4 is 5.91 Å². The molecule has 0 fully saturated rings. The molecule has 2 nitrogen and oxygen atoms in total. The number of aryl methyl sites for hydroxylation is 1. The molecule has 1 aromatic carbocycles. The Hall–Kier alpha value is -1.57. The van der Waals surface area contributed by atoms with E-state index in [2.05, 4.69) is 43.1 Å². The highest BCUT2D eigenvalue weighted by atomic mass is 16.1. The van der Waals surface area contributed by atoms with Gasteiger partial charge in [-0.25, -0.2) is 0 Å². The summed E-state index contributed by atoms with van der Waals surface area (Å²) in [5, 5.41) is 2.84. The van der Waals surface area contributed by atoms with E-state index in [0.29, 0.717) is 0 Å². The Balaban J connectivity index is 2.62. The summed E-state index contributed by atoms with van der Waals surface area (Å²) in [5.41, 5.74) is 2.45. The number of nitrogens with one attached hydrogen (secondary N) is 1. The fourth-order valence-electron chi connectivity index (χ4n) is 1.43. The first-order chi connectivity index (χ1) is 7.11. The second-order valence-corrected chi connectivity index (χ2v) is 3.73. The van der Waals surface area contributed by atoms with Crippen LogP contribution in [0.2, 0.25) is 0 Å². The van der Waals surface area contributed by atoms with Crippen LogP contribution in [0.15, 0.2) is 36.9 Å². The third-order valence-corrected chi connectivity index (χ3v) is 2.25. The van der Waals surface area contributed by atoms with Crippen molar-refractivity contribution in [1.29, 1.82) is 0 Å². The maximum absolute atomic E-state index is 10.9. The Labute approximate surface area is 91.0 Å². The van der Waals surface area contributed by atoms with Crippen molar-refractivity contribution in [2.75, 3.05) is 0 Å². The number of carbonyl (C=O) groups is 1. The summed E-state index contributed by atoms with van der Waals surface area (Å²) >= 11 is 0. The van der Waals surface area contributed by atoms with Gasteiger partial charge in [0.15, 0.2) is 0 Å². The zero-order valence-electron chi connectivity index (χ0n) is 9.29. The molecule has 0 aliphatic rings. The summed E-state index contributed by atoms with van der Waals surface area (Å²) < 4.78 is 0. The first-order valence-corrected chi connectivity index (χ1v) is 5.07. The van der Waals surface area contributed by atoms with Crippen molar-refractivity contribution in [2.45, 2.75) is 26.3 Å². The van der Waals surface area contributed by atoms with Gasteiger partial charge in [0.2, 0.25) is 5.91 Å². The highest BCUT2D eigenvalue weighted by Gasteiger charge is 2.05. The lowest BCUT2D eigenvalue weighted by atomic mass is 10.0. The summed E-state index contributed by atoms with van der Waals surface area (Å²) in [4.78, 5) is 10.9. The van der Waals surface area contributed by atoms with Crippen LogP contribution in [0.25, 0.3) is 0 Å². The fourth-order valence-corrected chi connectivity index (χ4v) is 1.43. The van der Waals surface area contributed by atoms with Gasteiger partial charge in [-0.1, -0.05) is 35.9 Å². The molecule has 0 aliphatic heterocycles. The standard InChI is InChI=1S/C13H17NO/c1-4-13(14-11(3)15)9-12-7-5-10(2)6-8-12/h4-8,13H,1,9H2,2-3H3,(H,14,15)/t13-/m1/s1. The van der Waals surface area contributed by atoms with E-state index in [-0.39, 0.29) is 11.9 Å². The van der Waals surface area contributed by atoms with Crippen molar-refractivity contribution < 1.29 is 4.79 Å². The van der Waals surface area contributed by atoms with Crippen molar-refractivity contribution in [3.8, 4) is 0 Å². The predicted octanol–water partition coefficient (Wildman–Crippen LogP) is 2.23. The van der Waals surface area contributed by atoms with Gasteiger partial charge < -0.3 is 5.32 Å². The Morgan fingerprint density at radius 2 is 2.07 bits per heavy atom. The highest BCUT2D eigenvalue weighted by molar-refractivity contribution is 5.73. The zero-order valence-corrected chi connectivity index (χ0v) is 9.29. The number of hydrogen-bond donors (Lipinski definition) is 1. The molecule has 0 aliphatic carbocycles. The van der Waals surface area contributed by atoms with Gasteiger partial charge in [-0.15, -0.1) is 6.58 Å². The molecule has 1 aromatic rings. The second kappa shape index (κ2) is 5.35. The molecule has 0 saturated carbocycles. The number of carbonyl (C=O) groups excluding carboxylic acids is 1. The zero-order chi connectivity index (χ0) is 11.3. The summed E-state index contributed by atoms with van der Waals surface area (Å²) in [6.45, 7) is 7.29. The van der Waals surface area contributed by atoms with Gasteiger partial charge in [0, 0.05) is 6.92 Å². The molecule has 1 atom stereocenters. The topological polar surface area (TPSA) is 29.1 Å². The number of amides is 1. The molecule has 15 heavy (non-hydrogen) atoms. The van der Waals surface area contributed by atoms with E-state index in [1.54, 1.807) is 6.08 Å². The largest absolute Gasteiger partial charge is 0.350 e. The Kier molecular flexibility index (Phi) is 4.10. The fraction of sp³-hybridized carbons (Fsp3) is 0.308. The molecule has 1 amide bonds. The van der Waals surface area contributed by atoms with Gasteiger partial charge in [0.25, 0.3) is 0 Å². The van der Waals surface area contributed by atoms with Crippen molar-refractivity contribution in [1.82, 2.24) is 5.32 Å². The summed E-state index contributed by atoms with van der Waals surface area (Å²) in [6.07, 6.45) is 2.56. The molecule has 0 unspecified atom stereocenters. The molecular formula is C13H17NO. The molecule has 1 N–H and O–H groups in total. The van der Waals surface area contributed by atoms with Crippen LogP contribution in [0.5, 0.6) is 0 Å². The summed E-state index contributed by atoms with van der Waals surface area (Å²) in [5.74, 6) is -0.0213. The summed E-state index contributed by atoms with van der Waals surface area (Å²) in [7, 11) is 0. The molecule has 2 heteroatoms. The molecule has 80 valence electrons. The van der Waals surface area contributed by atoms with Crippen molar-refractivity contribution in [3.63, 3.8) is 0 Å². The van der Waals surface area contributed by atoms with Crippen LogP contribution in [0.1, 0.15) is 18.1 Å². The van der Waals surface area contributed by atoms with E-state index in [4.69, 9.17) is 0 Å². The second-order valence-electron chi connectivity index (χ2n) is 3.73. The van der Waals surface area contributed by atoms with E-state index in [1.165, 1.54) is 18.1 Å². The monoisotopic (exact) mass is 203 g/mol. The number of hydrogen-bond acceptors (Lipinski definition) is 1. The van der Waals surface area contributed by atoms with Gasteiger partial charge in [0.05, 0.1) is 6.04 Å². The first-order valence-electron chi connectivity index (χ1n) is 5.07. The van der Waals surface area contributed by atoms with Gasteiger partial charge >= 0.3 is 0 Å². The van der Waals surface area contributed by atoms with Gasteiger partial charge in [0.1, 0.15) is 0 Å². The molecule has 0 radical (unpaired) electrons. The molecule has 0 aromatic heterocycles. The van der Waals surface area contributed by atoms with Crippen LogP contribution >= 0.6 is 0 Å². The van der Waals surface area contributed by atoms with E-state index < -0.39 is 0 Å².